The van der Waals surface area contributed by atoms with Crippen LogP contribution in [0.25, 0.3) is 0 Å². The summed E-state index contributed by atoms with van der Waals surface area (Å²) in [7, 11) is 0. The Kier molecular flexibility index (Phi) is 4.14. The summed E-state index contributed by atoms with van der Waals surface area (Å²) in [6.45, 7) is 2.64. The van der Waals surface area contributed by atoms with Crippen molar-refractivity contribution in [3.8, 4) is 0 Å². The number of hydrogen-bond donors (Lipinski definition) is 1. The number of furan rings is 1. The van der Waals surface area contributed by atoms with Gasteiger partial charge in [-0.3, -0.25) is 9.48 Å². The summed E-state index contributed by atoms with van der Waals surface area (Å²) >= 11 is 0. The van der Waals surface area contributed by atoms with Crippen LogP contribution in [-0.2, 0) is 13.0 Å². The number of carbonyl (C=O) groups excluding carboxylic acids is 1. The molecule has 5 nitrogen and oxygen atoms in total. The fraction of sp³-hybridized carbons (Fsp3) is 0.300. The summed E-state index contributed by atoms with van der Waals surface area (Å²) in [5.41, 5.74) is 4.43. The average Bonchev–Trinajstić information content (AvgIpc) is 3.23. The van der Waals surface area contributed by atoms with Crippen molar-refractivity contribution in [3.05, 3.63) is 77.0 Å². The van der Waals surface area contributed by atoms with E-state index in [2.05, 4.69) is 27.2 Å². The van der Waals surface area contributed by atoms with Crippen LogP contribution in [0.5, 0.6) is 0 Å². The quantitative estimate of drug-likeness (QED) is 0.792. The Labute approximate surface area is 146 Å². The summed E-state index contributed by atoms with van der Waals surface area (Å²) in [5, 5.41) is 7.68. The Morgan fingerprint density at radius 2 is 2.16 bits per heavy atom. The van der Waals surface area contributed by atoms with Crippen LogP contribution in [0.1, 0.15) is 51.8 Å². The van der Waals surface area contributed by atoms with Crippen molar-refractivity contribution in [1.82, 2.24) is 15.1 Å². The minimum absolute atomic E-state index is 0.00901. The minimum Gasteiger partial charge on any atom is -0.459 e. The fourth-order valence-corrected chi connectivity index (χ4v) is 3.49. The summed E-state index contributed by atoms with van der Waals surface area (Å²) < 4.78 is 7.36. The summed E-state index contributed by atoms with van der Waals surface area (Å²) in [6.07, 6.45) is 6.41. The molecule has 2 heterocycles. The van der Waals surface area contributed by atoms with Gasteiger partial charge < -0.3 is 9.73 Å². The highest BCUT2D eigenvalue weighted by Gasteiger charge is 2.27. The SMILES string of the molecule is Cc1ccoc1C(=O)NC1CCCc2c1cnn2Cc1ccccc1. The first-order valence-corrected chi connectivity index (χ1v) is 8.66. The molecule has 25 heavy (non-hydrogen) atoms. The van der Waals surface area contributed by atoms with Crippen LogP contribution in [0.2, 0.25) is 0 Å². The van der Waals surface area contributed by atoms with E-state index in [9.17, 15) is 4.79 Å². The second-order valence-corrected chi connectivity index (χ2v) is 6.54. The highest BCUT2D eigenvalue weighted by atomic mass is 16.3. The van der Waals surface area contributed by atoms with Gasteiger partial charge in [-0.05, 0) is 37.8 Å². The van der Waals surface area contributed by atoms with E-state index in [1.807, 2.05) is 31.3 Å². The third-order valence-electron chi connectivity index (χ3n) is 4.81. The zero-order valence-electron chi connectivity index (χ0n) is 14.2. The molecule has 1 N–H and O–H groups in total. The van der Waals surface area contributed by atoms with Crippen molar-refractivity contribution in [2.45, 2.75) is 38.8 Å². The Bertz CT molecular complexity index is 879. The molecule has 5 heteroatoms. The minimum atomic E-state index is -0.156. The first-order valence-electron chi connectivity index (χ1n) is 8.66. The second kappa shape index (κ2) is 6.59. The number of aryl methyl sites for hydroxylation is 1. The molecule has 1 unspecified atom stereocenters. The molecule has 1 aliphatic carbocycles. The van der Waals surface area contributed by atoms with Crippen molar-refractivity contribution >= 4 is 5.91 Å². The topological polar surface area (TPSA) is 60.1 Å². The highest BCUT2D eigenvalue weighted by Crippen LogP contribution is 2.30. The van der Waals surface area contributed by atoms with Gasteiger partial charge in [0, 0.05) is 16.8 Å². The number of carbonyl (C=O) groups is 1. The number of aromatic nitrogens is 2. The summed E-state index contributed by atoms with van der Waals surface area (Å²) in [5.74, 6) is 0.236. The predicted molar refractivity (Wildman–Crippen MR) is 94.4 cm³/mol. The lowest BCUT2D eigenvalue weighted by atomic mass is 9.92. The molecule has 128 valence electrons. The zero-order valence-corrected chi connectivity index (χ0v) is 14.2. The third kappa shape index (κ3) is 3.09. The first-order chi connectivity index (χ1) is 12.2. The number of benzene rings is 1. The molecule has 0 saturated heterocycles. The molecule has 0 fully saturated rings. The molecule has 0 bridgehead atoms. The van der Waals surface area contributed by atoms with Gasteiger partial charge in [0.05, 0.1) is 25.0 Å². The van der Waals surface area contributed by atoms with Gasteiger partial charge in [-0.25, -0.2) is 0 Å². The number of amides is 1. The van der Waals surface area contributed by atoms with Crippen molar-refractivity contribution in [2.24, 2.45) is 0 Å². The van der Waals surface area contributed by atoms with E-state index in [1.165, 1.54) is 11.3 Å². The van der Waals surface area contributed by atoms with Crippen molar-refractivity contribution in [2.75, 3.05) is 0 Å². The predicted octanol–water partition coefficient (Wildman–Crippen LogP) is 3.64. The Hall–Kier alpha value is -2.82. The van der Waals surface area contributed by atoms with Gasteiger partial charge in [0.1, 0.15) is 0 Å². The van der Waals surface area contributed by atoms with Crippen molar-refractivity contribution in [3.63, 3.8) is 0 Å². The Morgan fingerprint density at radius 3 is 2.92 bits per heavy atom. The van der Waals surface area contributed by atoms with E-state index in [1.54, 1.807) is 12.3 Å². The van der Waals surface area contributed by atoms with E-state index in [0.29, 0.717) is 5.76 Å². The molecule has 1 atom stereocenters. The second-order valence-electron chi connectivity index (χ2n) is 6.54. The molecule has 1 aromatic carbocycles. The van der Waals surface area contributed by atoms with E-state index in [4.69, 9.17) is 4.42 Å². The number of hydrogen-bond acceptors (Lipinski definition) is 3. The highest BCUT2D eigenvalue weighted by molar-refractivity contribution is 5.93. The van der Waals surface area contributed by atoms with Gasteiger partial charge in [0.2, 0.25) is 0 Å². The molecular formula is C20H21N3O2. The summed E-state index contributed by atoms with van der Waals surface area (Å²) in [4.78, 5) is 12.5. The van der Waals surface area contributed by atoms with Gasteiger partial charge in [0.15, 0.2) is 5.76 Å². The third-order valence-corrected chi connectivity index (χ3v) is 4.81. The van der Waals surface area contributed by atoms with Gasteiger partial charge in [-0.1, -0.05) is 30.3 Å². The average molecular weight is 335 g/mol. The smallest absolute Gasteiger partial charge is 0.287 e. The number of fused-ring (bicyclic) bond motifs is 1. The zero-order chi connectivity index (χ0) is 17.2. The van der Waals surface area contributed by atoms with Crippen LogP contribution in [0.15, 0.2) is 53.3 Å². The van der Waals surface area contributed by atoms with Crippen LogP contribution < -0.4 is 5.32 Å². The van der Waals surface area contributed by atoms with Crippen LogP contribution in [0.3, 0.4) is 0 Å². The standard InChI is InChI=1S/C20H21N3O2/c1-14-10-11-25-19(14)20(24)22-17-8-5-9-18-16(17)12-21-23(18)13-15-6-3-2-4-7-15/h2-4,6-7,10-12,17H,5,8-9,13H2,1H3,(H,22,24). The lowest BCUT2D eigenvalue weighted by Gasteiger charge is -2.24. The van der Waals surface area contributed by atoms with Gasteiger partial charge in [0.25, 0.3) is 5.91 Å². The maximum atomic E-state index is 12.5. The first kappa shape index (κ1) is 15.7. The van der Waals surface area contributed by atoms with Gasteiger partial charge >= 0.3 is 0 Å². The van der Waals surface area contributed by atoms with Gasteiger partial charge in [-0.2, -0.15) is 5.10 Å². The monoisotopic (exact) mass is 335 g/mol. The molecule has 0 saturated carbocycles. The summed E-state index contributed by atoms with van der Waals surface area (Å²) in [6, 6.07) is 12.1. The van der Waals surface area contributed by atoms with Crippen LogP contribution in [-0.4, -0.2) is 15.7 Å². The van der Waals surface area contributed by atoms with E-state index < -0.39 is 0 Å². The van der Waals surface area contributed by atoms with E-state index in [0.717, 1.165) is 36.9 Å². The number of nitrogens with zero attached hydrogens (tertiary/aromatic N) is 2. The maximum Gasteiger partial charge on any atom is 0.287 e. The van der Waals surface area contributed by atoms with Crippen LogP contribution in [0.4, 0.5) is 0 Å². The van der Waals surface area contributed by atoms with Crippen LogP contribution in [0, 0.1) is 6.92 Å². The molecule has 0 radical (unpaired) electrons. The van der Waals surface area contributed by atoms with Crippen molar-refractivity contribution in [1.29, 1.82) is 0 Å². The number of nitrogens with one attached hydrogen (secondary N) is 1. The van der Waals surface area contributed by atoms with E-state index >= 15 is 0 Å². The molecule has 1 amide bonds. The fourth-order valence-electron chi connectivity index (χ4n) is 3.49. The Balaban J connectivity index is 1.55. The molecular weight excluding hydrogens is 314 g/mol. The van der Waals surface area contributed by atoms with Crippen molar-refractivity contribution < 1.29 is 9.21 Å². The molecule has 3 aromatic rings. The van der Waals surface area contributed by atoms with Gasteiger partial charge in [-0.15, -0.1) is 0 Å². The molecule has 1 aliphatic rings. The van der Waals surface area contributed by atoms with Crippen LogP contribution >= 0.6 is 0 Å². The lowest BCUT2D eigenvalue weighted by molar-refractivity contribution is 0.0903. The molecule has 2 aromatic heterocycles. The number of rotatable bonds is 4. The van der Waals surface area contributed by atoms with E-state index in [-0.39, 0.29) is 11.9 Å². The maximum absolute atomic E-state index is 12.5. The molecule has 0 spiro atoms. The lowest BCUT2D eigenvalue weighted by Crippen LogP contribution is -2.31. The largest absolute Gasteiger partial charge is 0.459 e. The molecule has 0 aliphatic heterocycles. The molecule has 4 rings (SSSR count). The normalized spacial score (nSPS) is 16.4. The Morgan fingerprint density at radius 1 is 1.32 bits per heavy atom.